The second-order valence-corrected chi connectivity index (χ2v) is 7.23. The van der Waals surface area contributed by atoms with Crippen LogP contribution >= 0.6 is 12.6 Å². The van der Waals surface area contributed by atoms with Gasteiger partial charge >= 0.3 is 45.6 Å². The van der Waals surface area contributed by atoms with Crippen molar-refractivity contribution in [1.82, 2.24) is 0 Å². The third kappa shape index (κ3) is 27.8. The van der Waals surface area contributed by atoms with Gasteiger partial charge in [-0.2, -0.15) is 12.6 Å². The molecular weight excluding hydrogens is 151 g/mol. The molecule has 0 rings (SSSR count). The van der Waals surface area contributed by atoms with Crippen molar-refractivity contribution in [3.8, 4) is 0 Å². The van der Waals surface area contributed by atoms with Crippen molar-refractivity contribution in [2.45, 2.75) is 6.55 Å². The molecule has 0 unspecified atom stereocenters. The average Bonchev–Trinajstić information content (AvgIpc) is 1.69. The Morgan fingerprint density at radius 3 is 2.12 bits per heavy atom. The van der Waals surface area contributed by atoms with Gasteiger partial charge in [-0.1, -0.05) is 0 Å². The third-order valence-electron chi connectivity index (χ3n) is 0.135. The summed E-state index contributed by atoms with van der Waals surface area (Å²) in [7, 11) is 0. The van der Waals surface area contributed by atoms with Crippen LogP contribution in [0.5, 0.6) is 0 Å². The van der Waals surface area contributed by atoms with Crippen LogP contribution in [0.4, 0.5) is 0 Å². The van der Waals surface area contributed by atoms with Crippen LogP contribution in [0.3, 0.4) is 0 Å². The molecule has 0 radical (unpaired) electrons. The zero-order valence-electron chi connectivity index (χ0n) is 5.22. The van der Waals surface area contributed by atoms with Crippen molar-refractivity contribution in [2.24, 2.45) is 0 Å². The maximum Gasteiger partial charge on any atom is 0.313 e. The van der Waals surface area contributed by atoms with Crippen LogP contribution in [0, 0.1) is 0 Å². The van der Waals surface area contributed by atoms with Gasteiger partial charge in [-0.15, -0.1) is 0 Å². The van der Waals surface area contributed by atoms with Crippen LogP contribution in [0.15, 0.2) is 0 Å². The molecule has 0 aliphatic heterocycles. The molecule has 0 aromatic heterocycles. The molecule has 0 saturated heterocycles. The first kappa shape index (κ1) is 11.8. The molecule has 0 bridgehead atoms. The minimum absolute atomic E-state index is 0.0833. The van der Waals surface area contributed by atoms with Gasteiger partial charge in [0.2, 0.25) is 0 Å². The van der Waals surface area contributed by atoms with Gasteiger partial charge in [0.25, 0.3) is 0 Å². The number of carboxylic acid groups (broad SMARTS) is 1. The molecule has 0 fully saturated rings. The normalized spacial score (nSPS) is 8.50. The second-order valence-electron chi connectivity index (χ2n) is 1.26. The van der Waals surface area contributed by atoms with Crippen LogP contribution in [0.1, 0.15) is 0 Å². The van der Waals surface area contributed by atoms with Gasteiger partial charge < -0.3 is 5.11 Å². The topological polar surface area (TPSA) is 37.3 Å². The number of rotatable bonds is 1. The largest absolute Gasteiger partial charge is 0.481 e. The van der Waals surface area contributed by atoms with E-state index in [-0.39, 0.29) is 5.75 Å². The van der Waals surface area contributed by atoms with Crippen LogP contribution in [0.2, 0.25) is 6.55 Å². The number of hydrogen-bond acceptors (Lipinski definition) is 2. The van der Waals surface area contributed by atoms with Crippen molar-refractivity contribution >= 4 is 51.7 Å². The number of aliphatic carboxylic acids is 1. The quantitative estimate of drug-likeness (QED) is 0.393. The molecule has 0 spiro atoms. The van der Waals surface area contributed by atoms with Crippen LogP contribution in [-0.4, -0.2) is 49.9 Å². The molecule has 2 nitrogen and oxygen atoms in total. The molecule has 0 amide bonds. The van der Waals surface area contributed by atoms with Gasteiger partial charge in [0.1, 0.15) is 0 Å². The summed E-state index contributed by atoms with van der Waals surface area (Å²) in [5, 5.41) is 7.65. The Bertz CT molecular complexity index is 61.2. The molecule has 0 aliphatic rings. The van der Waals surface area contributed by atoms with Crippen LogP contribution in [0.25, 0.3) is 0 Å². The van der Waals surface area contributed by atoms with Crippen molar-refractivity contribution in [1.29, 1.82) is 0 Å². The van der Waals surface area contributed by atoms with E-state index >= 15 is 0 Å². The van der Waals surface area contributed by atoms with Crippen molar-refractivity contribution in [3.05, 3.63) is 0 Å². The first-order chi connectivity index (χ1) is 3.68. The minimum atomic E-state index is -0.881. The van der Waals surface area contributed by atoms with Gasteiger partial charge in [-0.3, -0.25) is 4.79 Å². The molecule has 44 valence electrons. The van der Waals surface area contributed by atoms with E-state index in [9.17, 15) is 4.79 Å². The Morgan fingerprint density at radius 1 is 2.00 bits per heavy atom. The summed E-state index contributed by atoms with van der Waals surface area (Å²) in [6.07, 6.45) is 0.556. The minimum Gasteiger partial charge on any atom is -0.481 e. The van der Waals surface area contributed by atoms with Crippen LogP contribution < -0.4 is 0 Å². The smallest absolute Gasteiger partial charge is 0.313 e. The van der Waals surface area contributed by atoms with Crippen LogP contribution in [-0.2, 0) is 4.79 Å². The zero-order chi connectivity index (χ0) is 6.99. The Hall–Kier alpha value is 1.04. The maximum absolute atomic E-state index is 9.29. The number of carboxylic acids is 1. The van der Waals surface area contributed by atoms with E-state index < -0.39 is 5.97 Å². The number of carbonyl (C=O) groups is 1. The van der Waals surface area contributed by atoms with E-state index in [1.807, 2.05) is 0 Å². The summed E-state index contributed by atoms with van der Waals surface area (Å²) >= 11 is 4.92. The molecule has 0 saturated carbocycles. The molecule has 8 heavy (non-hydrogen) atoms. The van der Waals surface area contributed by atoms with E-state index in [1.165, 1.54) is 27.0 Å². The van der Waals surface area contributed by atoms with Crippen molar-refractivity contribution in [3.63, 3.8) is 0 Å². The molecule has 0 aromatic carbocycles. The summed E-state index contributed by atoms with van der Waals surface area (Å²) in [6, 6.07) is 0. The predicted molar refractivity (Wildman–Crippen MR) is 41.7 cm³/mol. The van der Waals surface area contributed by atoms with Gasteiger partial charge in [0, 0.05) is 0 Å². The Kier molecular flexibility index (Phi) is 16.1. The SMILES string of the molecule is C[SiH2][Na].O=C(O)CS. The Morgan fingerprint density at radius 2 is 2.12 bits per heavy atom. The Labute approximate surface area is 73.5 Å². The standard InChI is InChI=1S/C2H4O2S.CH5Si.Na/c3-2(4)1-5;1-2;/h5H,1H2,(H,3,4);2H2,1H3;. The molecule has 0 aliphatic carbocycles. The molecule has 5 heteroatoms. The second kappa shape index (κ2) is 10.9. The Balaban J connectivity index is 0. The molecule has 0 aromatic rings. The molecule has 0 heterocycles. The van der Waals surface area contributed by atoms with Gasteiger partial charge in [0.05, 0.1) is 5.75 Å². The average molecular weight is 160 g/mol. The van der Waals surface area contributed by atoms with E-state index in [0.717, 1.165) is 0 Å². The molecular formula is C3H9NaO2SSi. The molecule has 1 N–H and O–H groups in total. The molecule has 0 atom stereocenters. The fourth-order valence-electron chi connectivity index (χ4n) is 0. The van der Waals surface area contributed by atoms with Gasteiger partial charge in [-0.05, 0) is 0 Å². The summed E-state index contributed by atoms with van der Waals surface area (Å²) in [5.41, 5.74) is 0. The van der Waals surface area contributed by atoms with E-state index in [2.05, 4.69) is 19.2 Å². The summed E-state index contributed by atoms with van der Waals surface area (Å²) in [4.78, 5) is 9.29. The summed E-state index contributed by atoms with van der Waals surface area (Å²) < 4.78 is 0. The number of hydrogen-bond donors (Lipinski definition) is 2. The third-order valence-corrected chi connectivity index (χ3v) is 0.406. The monoisotopic (exact) mass is 160 g/mol. The maximum atomic E-state index is 9.29. The van der Waals surface area contributed by atoms with Gasteiger partial charge in [0.15, 0.2) is 0 Å². The summed E-state index contributed by atoms with van der Waals surface area (Å²) in [6.45, 7) is 2.33. The van der Waals surface area contributed by atoms with E-state index in [1.54, 1.807) is 0 Å². The first-order valence-corrected chi connectivity index (χ1v) is 10.2. The zero-order valence-corrected chi connectivity index (χ0v) is 9.53. The fourth-order valence-corrected chi connectivity index (χ4v) is 0. The summed E-state index contributed by atoms with van der Waals surface area (Å²) in [5.74, 6) is -0.965. The van der Waals surface area contributed by atoms with E-state index in [0.29, 0.717) is 6.08 Å². The van der Waals surface area contributed by atoms with E-state index in [4.69, 9.17) is 5.11 Å². The van der Waals surface area contributed by atoms with Crippen molar-refractivity contribution < 1.29 is 9.90 Å². The first-order valence-electron chi connectivity index (χ1n) is 2.51. The van der Waals surface area contributed by atoms with Crippen molar-refractivity contribution in [2.75, 3.05) is 5.75 Å². The fraction of sp³-hybridized carbons (Fsp3) is 0.667. The van der Waals surface area contributed by atoms with Gasteiger partial charge in [-0.25, -0.2) is 0 Å². The number of thiol groups is 1. The predicted octanol–water partition coefficient (Wildman–Crippen LogP) is -0.712.